The van der Waals surface area contributed by atoms with Crippen molar-refractivity contribution in [3.8, 4) is 0 Å². The van der Waals surface area contributed by atoms with E-state index in [1.54, 1.807) is 11.8 Å². The van der Waals surface area contributed by atoms with Gasteiger partial charge in [0.05, 0.1) is 6.04 Å². The van der Waals surface area contributed by atoms with Gasteiger partial charge in [-0.05, 0) is 6.26 Å². The summed E-state index contributed by atoms with van der Waals surface area (Å²) in [5.41, 5.74) is 0. The SMILES string of the molecule is CSc1cc(NC2CNC(=O)C2)ncn1. The molecule has 1 saturated heterocycles. The van der Waals surface area contributed by atoms with Gasteiger partial charge < -0.3 is 10.6 Å². The van der Waals surface area contributed by atoms with Crippen LogP contribution in [0.1, 0.15) is 6.42 Å². The Labute approximate surface area is 92.1 Å². The normalized spacial score (nSPS) is 20.1. The Kier molecular flexibility index (Phi) is 3.05. The summed E-state index contributed by atoms with van der Waals surface area (Å²) in [7, 11) is 0. The van der Waals surface area contributed by atoms with E-state index in [9.17, 15) is 4.79 Å². The fourth-order valence-corrected chi connectivity index (χ4v) is 1.83. The Hall–Kier alpha value is -1.30. The molecule has 1 unspecified atom stereocenters. The summed E-state index contributed by atoms with van der Waals surface area (Å²) in [4.78, 5) is 19.2. The second-order valence-electron chi connectivity index (χ2n) is 3.30. The number of aromatic nitrogens is 2. The average Bonchev–Trinajstić information content (AvgIpc) is 2.64. The van der Waals surface area contributed by atoms with Crippen LogP contribution >= 0.6 is 11.8 Å². The van der Waals surface area contributed by atoms with Crippen molar-refractivity contribution in [3.05, 3.63) is 12.4 Å². The van der Waals surface area contributed by atoms with Gasteiger partial charge in [0.25, 0.3) is 0 Å². The topological polar surface area (TPSA) is 66.9 Å². The van der Waals surface area contributed by atoms with Crippen molar-refractivity contribution in [2.45, 2.75) is 17.5 Å². The number of amides is 1. The molecule has 0 saturated carbocycles. The van der Waals surface area contributed by atoms with Crippen LogP contribution in [0.2, 0.25) is 0 Å². The maximum absolute atomic E-state index is 11.0. The number of hydrogen-bond acceptors (Lipinski definition) is 5. The van der Waals surface area contributed by atoms with Crippen LogP contribution in [0.4, 0.5) is 5.82 Å². The molecule has 0 radical (unpaired) electrons. The minimum atomic E-state index is 0.0895. The number of anilines is 1. The Bertz CT molecular complexity index is 371. The van der Waals surface area contributed by atoms with E-state index >= 15 is 0 Å². The smallest absolute Gasteiger partial charge is 0.222 e. The molecular weight excluding hydrogens is 212 g/mol. The lowest BCUT2D eigenvalue weighted by Gasteiger charge is -2.10. The lowest BCUT2D eigenvalue weighted by atomic mass is 10.2. The van der Waals surface area contributed by atoms with Crippen LogP contribution in [0.3, 0.4) is 0 Å². The summed E-state index contributed by atoms with van der Waals surface area (Å²) in [6.07, 6.45) is 4.00. The van der Waals surface area contributed by atoms with Gasteiger partial charge in [0, 0.05) is 19.0 Å². The van der Waals surface area contributed by atoms with Crippen LogP contribution in [-0.4, -0.2) is 34.7 Å². The third-order valence-electron chi connectivity index (χ3n) is 2.18. The Morgan fingerprint density at radius 3 is 3.13 bits per heavy atom. The Morgan fingerprint density at radius 1 is 1.60 bits per heavy atom. The number of rotatable bonds is 3. The molecule has 0 bridgehead atoms. The zero-order valence-corrected chi connectivity index (χ0v) is 9.17. The summed E-state index contributed by atoms with van der Waals surface area (Å²) in [6, 6.07) is 2.02. The summed E-state index contributed by atoms with van der Waals surface area (Å²) in [5, 5.41) is 6.89. The van der Waals surface area contributed by atoms with Crippen molar-refractivity contribution in [1.29, 1.82) is 0 Å². The minimum absolute atomic E-state index is 0.0895. The van der Waals surface area contributed by atoms with Gasteiger partial charge in [-0.15, -0.1) is 11.8 Å². The lowest BCUT2D eigenvalue weighted by Crippen LogP contribution is -2.22. The zero-order chi connectivity index (χ0) is 10.7. The Morgan fingerprint density at radius 2 is 2.47 bits per heavy atom. The maximum atomic E-state index is 11.0. The van der Waals surface area contributed by atoms with Crippen LogP contribution in [-0.2, 0) is 4.79 Å². The van der Waals surface area contributed by atoms with Gasteiger partial charge in [0.15, 0.2) is 0 Å². The Balaban J connectivity index is 2.01. The lowest BCUT2D eigenvalue weighted by molar-refractivity contribution is -0.119. The largest absolute Gasteiger partial charge is 0.365 e. The molecule has 1 fully saturated rings. The molecule has 1 aliphatic heterocycles. The van der Waals surface area contributed by atoms with Crippen LogP contribution in [0.15, 0.2) is 17.4 Å². The fraction of sp³-hybridized carbons (Fsp3) is 0.444. The fourth-order valence-electron chi connectivity index (χ4n) is 1.45. The van der Waals surface area contributed by atoms with E-state index in [1.807, 2.05) is 12.3 Å². The number of carbonyl (C=O) groups excluding carboxylic acids is 1. The van der Waals surface area contributed by atoms with Crippen molar-refractivity contribution in [3.63, 3.8) is 0 Å². The standard InChI is InChI=1S/C9H12N4OS/c1-15-9-3-7(11-5-12-9)13-6-2-8(14)10-4-6/h3,5-6H,2,4H2,1H3,(H,10,14)(H,11,12,13). The molecule has 1 aromatic rings. The first-order valence-corrected chi connectivity index (χ1v) is 5.89. The minimum Gasteiger partial charge on any atom is -0.365 e. The molecule has 15 heavy (non-hydrogen) atoms. The first kappa shape index (κ1) is 10.2. The molecule has 0 aromatic carbocycles. The van der Waals surface area contributed by atoms with Crippen molar-refractivity contribution >= 4 is 23.5 Å². The van der Waals surface area contributed by atoms with E-state index in [2.05, 4.69) is 20.6 Å². The van der Waals surface area contributed by atoms with Gasteiger partial charge >= 0.3 is 0 Å². The third-order valence-corrected chi connectivity index (χ3v) is 2.82. The molecule has 2 rings (SSSR count). The molecule has 2 heterocycles. The number of nitrogens with zero attached hydrogens (tertiary/aromatic N) is 2. The highest BCUT2D eigenvalue weighted by Gasteiger charge is 2.21. The number of nitrogens with one attached hydrogen (secondary N) is 2. The quantitative estimate of drug-likeness (QED) is 0.578. The predicted molar refractivity (Wildman–Crippen MR) is 58.9 cm³/mol. The molecule has 80 valence electrons. The molecule has 6 heteroatoms. The van der Waals surface area contributed by atoms with Gasteiger partial charge in [0.1, 0.15) is 17.2 Å². The first-order valence-electron chi connectivity index (χ1n) is 4.67. The summed E-state index contributed by atoms with van der Waals surface area (Å²) in [5.74, 6) is 0.863. The van der Waals surface area contributed by atoms with Gasteiger partial charge in [-0.3, -0.25) is 4.79 Å². The monoisotopic (exact) mass is 224 g/mol. The first-order chi connectivity index (χ1) is 7.28. The third kappa shape index (κ3) is 2.59. The summed E-state index contributed by atoms with van der Waals surface area (Å²) in [6.45, 7) is 0.664. The second-order valence-corrected chi connectivity index (χ2v) is 4.12. The van der Waals surface area contributed by atoms with Gasteiger partial charge in [-0.25, -0.2) is 9.97 Å². The van der Waals surface area contributed by atoms with Gasteiger partial charge in [-0.1, -0.05) is 0 Å². The zero-order valence-electron chi connectivity index (χ0n) is 8.36. The number of hydrogen-bond donors (Lipinski definition) is 2. The molecule has 1 atom stereocenters. The second kappa shape index (κ2) is 4.48. The van der Waals surface area contributed by atoms with Crippen LogP contribution < -0.4 is 10.6 Å². The van der Waals surface area contributed by atoms with Crippen molar-refractivity contribution in [2.24, 2.45) is 0 Å². The van der Waals surface area contributed by atoms with Crippen molar-refractivity contribution in [1.82, 2.24) is 15.3 Å². The van der Waals surface area contributed by atoms with Gasteiger partial charge in [0.2, 0.25) is 5.91 Å². The van der Waals surface area contributed by atoms with E-state index in [0.29, 0.717) is 13.0 Å². The molecule has 1 amide bonds. The molecule has 1 aliphatic rings. The summed E-state index contributed by atoms with van der Waals surface area (Å²) >= 11 is 1.57. The van der Waals surface area contributed by atoms with Crippen LogP contribution in [0.25, 0.3) is 0 Å². The van der Waals surface area contributed by atoms with Crippen LogP contribution in [0, 0.1) is 0 Å². The molecule has 5 nitrogen and oxygen atoms in total. The van der Waals surface area contributed by atoms with E-state index in [1.165, 1.54) is 6.33 Å². The van der Waals surface area contributed by atoms with E-state index in [0.717, 1.165) is 10.8 Å². The highest BCUT2D eigenvalue weighted by Crippen LogP contribution is 2.15. The average molecular weight is 224 g/mol. The van der Waals surface area contributed by atoms with Gasteiger partial charge in [-0.2, -0.15) is 0 Å². The highest BCUT2D eigenvalue weighted by atomic mass is 32.2. The molecule has 2 N–H and O–H groups in total. The number of carbonyl (C=O) groups is 1. The van der Waals surface area contributed by atoms with E-state index < -0.39 is 0 Å². The van der Waals surface area contributed by atoms with E-state index in [4.69, 9.17) is 0 Å². The van der Waals surface area contributed by atoms with E-state index in [-0.39, 0.29) is 11.9 Å². The molecular formula is C9H12N4OS. The molecule has 0 aliphatic carbocycles. The number of thioether (sulfide) groups is 1. The van der Waals surface area contributed by atoms with Crippen molar-refractivity contribution < 1.29 is 4.79 Å². The maximum Gasteiger partial charge on any atom is 0.222 e. The van der Waals surface area contributed by atoms with Crippen molar-refractivity contribution in [2.75, 3.05) is 18.1 Å². The highest BCUT2D eigenvalue weighted by molar-refractivity contribution is 7.98. The summed E-state index contributed by atoms with van der Waals surface area (Å²) < 4.78 is 0. The van der Waals surface area contributed by atoms with Crippen LogP contribution in [0.5, 0.6) is 0 Å². The molecule has 0 spiro atoms. The molecule has 1 aromatic heterocycles. The predicted octanol–water partition coefficient (Wildman–Crippen LogP) is 0.499.